The fraction of sp³-hybridized carbons (Fsp3) is 0.0714. The molecule has 1 amide bonds. The summed E-state index contributed by atoms with van der Waals surface area (Å²) in [6.07, 6.45) is 0. The number of thioether (sulfide) groups is 1. The van der Waals surface area contributed by atoms with Crippen molar-refractivity contribution in [3.63, 3.8) is 0 Å². The van der Waals surface area contributed by atoms with E-state index < -0.39 is 4.21 Å². The van der Waals surface area contributed by atoms with Crippen LogP contribution >= 0.6 is 23.4 Å². The number of phenolic OH excluding ortho intramolecular Hbond substituents is 1. The molecule has 0 saturated carbocycles. The summed E-state index contributed by atoms with van der Waals surface area (Å²) < 4.78 is -1.21. The molecule has 0 aromatic heterocycles. The van der Waals surface area contributed by atoms with Gasteiger partial charge in [-0.2, -0.15) is 0 Å². The number of carbonyl (C=O) groups excluding carboxylic acids is 1. The molecule has 5 heteroatoms. The number of hydrogen-bond acceptors (Lipinski definition) is 3. The quantitative estimate of drug-likeness (QED) is 0.790. The van der Waals surface area contributed by atoms with Crippen LogP contribution in [0.5, 0.6) is 5.75 Å². The molecule has 0 spiro atoms. The number of fused-ring (bicyclic) bond motifs is 1. The first-order valence-electron chi connectivity index (χ1n) is 5.67. The summed E-state index contributed by atoms with van der Waals surface area (Å²) in [6, 6.07) is 13.9. The molecule has 3 nitrogen and oxygen atoms in total. The lowest BCUT2D eigenvalue weighted by atomic mass is 10.1. The lowest BCUT2D eigenvalue weighted by Gasteiger charge is -2.31. The van der Waals surface area contributed by atoms with Crippen molar-refractivity contribution < 1.29 is 9.90 Å². The minimum absolute atomic E-state index is 0.144. The number of nitrogens with one attached hydrogen (secondary N) is 1. The molecule has 19 heavy (non-hydrogen) atoms. The van der Waals surface area contributed by atoms with E-state index in [1.165, 1.54) is 23.9 Å². The van der Waals surface area contributed by atoms with Crippen molar-refractivity contribution in [1.82, 2.24) is 0 Å². The van der Waals surface area contributed by atoms with Crippen molar-refractivity contribution in [2.45, 2.75) is 9.10 Å². The SMILES string of the molecule is O=C1Nc2ccccc2SC1(Cl)c1ccc(O)cc1. The van der Waals surface area contributed by atoms with E-state index >= 15 is 0 Å². The van der Waals surface area contributed by atoms with Crippen LogP contribution in [-0.2, 0) is 9.00 Å². The van der Waals surface area contributed by atoms with Gasteiger partial charge in [-0.25, -0.2) is 0 Å². The van der Waals surface area contributed by atoms with Gasteiger partial charge in [0.2, 0.25) is 0 Å². The average molecular weight is 292 g/mol. The van der Waals surface area contributed by atoms with E-state index in [4.69, 9.17) is 11.6 Å². The maximum absolute atomic E-state index is 12.2. The van der Waals surface area contributed by atoms with E-state index in [1.807, 2.05) is 24.3 Å². The van der Waals surface area contributed by atoms with Crippen molar-refractivity contribution in [1.29, 1.82) is 0 Å². The van der Waals surface area contributed by atoms with Crippen LogP contribution in [0.4, 0.5) is 5.69 Å². The van der Waals surface area contributed by atoms with Gasteiger partial charge in [-0.3, -0.25) is 4.79 Å². The molecule has 1 unspecified atom stereocenters. The van der Waals surface area contributed by atoms with Crippen LogP contribution < -0.4 is 5.32 Å². The number of alkyl halides is 1. The predicted molar refractivity (Wildman–Crippen MR) is 76.6 cm³/mol. The number of rotatable bonds is 1. The summed E-state index contributed by atoms with van der Waals surface area (Å²) in [4.78, 5) is 13.2. The zero-order valence-corrected chi connectivity index (χ0v) is 11.3. The van der Waals surface area contributed by atoms with Crippen molar-refractivity contribution in [3.05, 3.63) is 54.1 Å². The summed E-state index contributed by atoms with van der Waals surface area (Å²) in [5.74, 6) is -0.130. The second-order valence-corrected chi connectivity index (χ2v) is 6.24. The normalized spacial score (nSPS) is 21.6. The van der Waals surface area contributed by atoms with Gasteiger partial charge in [0.25, 0.3) is 5.91 Å². The number of para-hydroxylation sites is 1. The van der Waals surface area contributed by atoms with E-state index in [9.17, 15) is 9.90 Å². The Bertz CT molecular complexity index is 644. The van der Waals surface area contributed by atoms with Gasteiger partial charge in [-0.15, -0.1) is 0 Å². The number of phenols is 1. The Balaban J connectivity index is 2.05. The van der Waals surface area contributed by atoms with Crippen LogP contribution in [0.3, 0.4) is 0 Å². The molecule has 96 valence electrons. The first-order chi connectivity index (χ1) is 9.09. The van der Waals surface area contributed by atoms with E-state index in [0.717, 1.165) is 10.6 Å². The molecule has 0 radical (unpaired) electrons. The first-order valence-corrected chi connectivity index (χ1v) is 6.87. The molecule has 0 saturated heterocycles. The first kappa shape index (κ1) is 12.4. The second-order valence-electron chi connectivity index (χ2n) is 4.19. The average Bonchev–Trinajstić information content (AvgIpc) is 2.41. The Morgan fingerprint density at radius 1 is 1.11 bits per heavy atom. The van der Waals surface area contributed by atoms with Crippen LogP contribution in [0, 0.1) is 0 Å². The zero-order valence-electron chi connectivity index (χ0n) is 9.76. The van der Waals surface area contributed by atoms with Gasteiger partial charge < -0.3 is 10.4 Å². The predicted octanol–water partition coefficient (Wildman–Crippen LogP) is 3.53. The van der Waals surface area contributed by atoms with Gasteiger partial charge in [0.1, 0.15) is 5.75 Å². The highest BCUT2D eigenvalue weighted by molar-refractivity contribution is 8.02. The molecular weight excluding hydrogens is 282 g/mol. The lowest BCUT2D eigenvalue weighted by molar-refractivity contribution is -0.116. The Kier molecular flexibility index (Phi) is 2.92. The monoisotopic (exact) mass is 291 g/mol. The Morgan fingerprint density at radius 3 is 2.53 bits per heavy atom. The minimum Gasteiger partial charge on any atom is -0.508 e. The summed E-state index contributed by atoms with van der Waals surface area (Å²) >= 11 is 7.80. The zero-order chi connectivity index (χ0) is 13.5. The Labute approximate surface area is 119 Å². The Hall–Kier alpha value is -1.65. The van der Waals surface area contributed by atoms with Crippen LogP contribution in [0.2, 0.25) is 0 Å². The molecule has 1 atom stereocenters. The standard InChI is InChI=1S/C14H10ClNO2S/c15-14(9-5-7-10(17)8-6-9)13(18)16-11-3-1-2-4-12(11)19-14/h1-8,17H,(H,16,18). The van der Waals surface area contributed by atoms with Crippen LogP contribution in [0.1, 0.15) is 5.56 Å². The molecule has 1 aliphatic rings. The molecule has 0 bridgehead atoms. The van der Waals surface area contributed by atoms with Crippen molar-refractivity contribution in [3.8, 4) is 5.75 Å². The number of hydrogen-bond donors (Lipinski definition) is 2. The summed E-state index contributed by atoms with van der Waals surface area (Å²) in [6.45, 7) is 0. The molecule has 3 rings (SSSR count). The molecule has 0 fully saturated rings. The molecule has 2 aromatic carbocycles. The summed E-state index contributed by atoms with van der Waals surface area (Å²) in [5.41, 5.74) is 1.41. The third-order valence-corrected chi connectivity index (χ3v) is 4.82. The van der Waals surface area contributed by atoms with Crippen LogP contribution in [0.25, 0.3) is 0 Å². The highest BCUT2D eigenvalue weighted by Crippen LogP contribution is 2.51. The van der Waals surface area contributed by atoms with E-state index in [2.05, 4.69) is 5.32 Å². The molecular formula is C14H10ClNO2S. The number of halogens is 1. The van der Waals surface area contributed by atoms with Gasteiger partial charge in [0, 0.05) is 4.90 Å². The molecule has 2 aromatic rings. The minimum atomic E-state index is -1.21. The second kappa shape index (κ2) is 4.47. The van der Waals surface area contributed by atoms with Gasteiger partial charge in [0.05, 0.1) is 5.69 Å². The molecule has 2 N–H and O–H groups in total. The van der Waals surface area contributed by atoms with Crippen molar-refractivity contribution in [2.75, 3.05) is 5.32 Å². The lowest BCUT2D eigenvalue weighted by Crippen LogP contribution is -2.35. The maximum Gasteiger partial charge on any atom is 0.260 e. The fourth-order valence-electron chi connectivity index (χ4n) is 1.93. The van der Waals surface area contributed by atoms with Gasteiger partial charge in [-0.1, -0.05) is 47.6 Å². The van der Waals surface area contributed by atoms with E-state index in [0.29, 0.717) is 5.56 Å². The fourth-order valence-corrected chi connectivity index (χ4v) is 3.42. The highest BCUT2D eigenvalue weighted by atomic mass is 35.5. The van der Waals surface area contributed by atoms with Gasteiger partial charge in [-0.05, 0) is 29.8 Å². The van der Waals surface area contributed by atoms with E-state index in [-0.39, 0.29) is 11.7 Å². The number of aromatic hydroxyl groups is 1. The van der Waals surface area contributed by atoms with Crippen LogP contribution in [-0.4, -0.2) is 11.0 Å². The van der Waals surface area contributed by atoms with Gasteiger partial charge >= 0.3 is 0 Å². The van der Waals surface area contributed by atoms with E-state index in [1.54, 1.807) is 12.1 Å². The van der Waals surface area contributed by atoms with Crippen LogP contribution in [0.15, 0.2) is 53.4 Å². The van der Waals surface area contributed by atoms with Crippen molar-refractivity contribution in [2.24, 2.45) is 0 Å². The van der Waals surface area contributed by atoms with Gasteiger partial charge in [0.15, 0.2) is 4.21 Å². The number of benzene rings is 2. The largest absolute Gasteiger partial charge is 0.508 e. The number of anilines is 1. The smallest absolute Gasteiger partial charge is 0.260 e. The third-order valence-electron chi connectivity index (χ3n) is 2.92. The third kappa shape index (κ3) is 2.07. The maximum atomic E-state index is 12.2. The summed E-state index contributed by atoms with van der Waals surface area (Å²) in [7, 11) is 0. The number of carbonyl (C=O) groups is 1. The number of amides is 1. The topological polar surface area (TPSA) is 49.3 Å². The molecule has 1 heterocycles. The van der Waals surface area contributed by atoms with Crippen molar-refractivity contribution >= 4 is 35.0 Å². The highest BCUT2D eigenvalue weighted by Gasteiger charge is 2.43. The summed E-state index contributed by atoms with van der Waals surface area (Å²) in [5, 5.41) is 12.1. The molecule has 1 aliphatic heterocycles. The molecule has 0 aliphatic carbocycles. The Morgan fingerprint density at radius 2 is 1.79 bits per heavy atom.